The van der Waals surface area contributed by atoms with Gasteiger partial charge in [-0.05, 0) is 97.7 Å². The number of carbonyl (C=O) groups excluding carboxylic acids is 1. The number of aromatic nitrogens is 6. The summed E-state index contributed by atoms with van der Waals surface area (Å²) in [6, 6.07) is 31.5. The number of benzene rings is 4. The number of carbonyl (C=O) groups is 1. The number of ether oxygens (including phenoxy) is 2. The molecule has 1 unspecified atom stereocenters. The molecule has 316 valence electrons. The molecule has 16 heteroatoms. The molecule has 3 heterocycles. The van der Waals surface area contributed by atoms with Crippen molar-refractivity contribution in [1.29, 1.82) is 0 Å². The van der Waals surface area contributed by atoms with Crippen molar-refractivity contribution in [3.63, 3.8) is 0 Å². The molecule has 10 nitrogen and oxygen atoms in total. The van der Waals surface area contributed by atoms with Crippen molar-refractivity contribution in [2.75, 3.05) is 6.54 Å². The van der Waals surface area contributed by atoms with E-state index in [2.05, 4.69) is 77.7 Å². The number of hydrogen-bond donors (Lipinski definition) is 1. The van der Waals surface area contributed by atoms with Crippen LogP contribution in [0.5, 0.6) is 11.5 Å². The molecule has 0 bridgehead atoms. The van der Waals surface area contributed by atoms with Gasteiger partial charge in [-0.2, -0.15) is 20.1 Å². The molecule has 1 saturated heterocycles. The number of nitrogens with one attached hydrogen (secondary N) is 1. The second-order valence-corrected chi connectivity index (χ2v) is 14.6. The zero-order chi connectivity index (χ0) is 42.4. The van der Waals surface area contributed by atoms with Crippen LogP contribution < -0.4 is 9.47 Å². The Bertz CT molecular complexity index is 2160. The van der Waals surface area contributed by atoms with Crippen LogP contribution in [0.15, 0.2) is 122 Å². The highest BCUT2D eigenvalue weighted by atomic mass is 19.4. The van der Waals surface area contributed by atoms with Crippen LogP contribution in [-0.4, -0.2) is 66.6 Å². The molecule has 1 saturated carbocycles. The van der Waals surface area contributed by atoms with Gasteiger partial charge in [-0.1, -0.05) is 98.0 Å². The first-order chi connectivity index (χ1) is 28.9. The highest BCUT2D eigenvalue weighted by Crippen LogP contribution is 2.29. The minimum absolute atomic E-state index is 0.0788. The summed E-state index contributed by atoms with van der Waals surface area (Å²) in [6.07, 6.45) is 5.82. The van der Waals surface area contributed by atoms with Gasteiger partial charge in [0, 0.05) is 23.7 Å². The molecule has 2 aliphatic rings. The molecule has 0 spiro atoms. The largest absolute Gasteiger partial charge is 0.573 e. The van der Waals surface area contributed by atoms with Gasteiger partial charge < -0.3 is 14.4 Å². The molecule has 6 aromatic rings. The Morgan fingerprint density at radius 1 is 0.650 bits per heavy atom. The maximum Gasteiger partial charge on any atom is 0.573 e. The first kappa shape index (κ1) is 43.4. The highest BCUT2D eigenvalue weighted by Gasteiger charge is 2.32. The van der Waals surface area contributed by atoms with E-state index in [4.69, 9.17) is 0 Å². The normalized spacial score (nSPS) is 15.8. The first-order valence-corrected chi connectivity index (χ1v) is 19.8. The highest BCUT2D eigenvalue weighted by molar-refractivity contribution is 5.77. The summed E-state index contributed by atoms with van der Waals surface area (Å²) in [4.78, 5) is 14.9. The van der Waals surface area contributed by atoms with Gasteiger partial charge in [0.2, 0.25) is 0 Å². The molecule has 4 aromatic carbocycles. The van der Waals surface area contributed by atoms with E-state index in [1.807, 2.05) is 23.1 Å². The number of aromatic amines is 1. The summed E-state index contributed by atoms with van der Waals surface area (Å²) in [5.41, 5.74) is 4.83. The third-order valence-corrected chi connectivity index (χ3v) is 10.2. The Morgan fingerprint density at radius 2 is 1.18 bits per heavy atom. The summed E-state index contributed by atoms with van der Waals surface area (Å²) >= 11 is 0. The van der Waals surface area contributed by atoms with Gasteiger partial charge >= 0.3 is 18.8 Å². The number of nitrogens with zero attached hydrogens (tertiary/aromatic N) is 6. The van der Waals surface area contributed by atoms with Gasteiger partial charge in [0.05, 0.1) is 12.4 Å². The summed E-state index contributed by atoms with van der Waals surface area (Å²) in [5.74, 6) is 0.382. The predicted molar refractivity (Wildman–Crippen MR) is 213 cm³/mol. The maximum atomic E-state index is 13.1. The van der Waals surface area contributed by atoms with Gasteiger partial charge in [-0.15, -0.1) is 31.4 Å². The molecule has 2 aromatic heterocycles. The smallest absolute Gasteiger partial charge is 0.406 e. The standard InChI is InChI=1S/C22H21F3N4O2.C13H18.C9H6F3N3O/c23-22(24,25)31-19-11-9-17(10-12-19)20-15-29(27-26-20)21(30)28-13-5-4-8-18(28)14-16-6-2-1-3-7-16;1-3-7-12(8-4-1)11-13-9-5-2-6-10-13;10-9(11,12)16-7-3-1-6(2-4-7)8-5-13-15-14-8/h1-3,6-7,9-12,15,18H,4-5,8,13-14H2;1,3-4,7-8,13H,2,5-6,9-11H2;1-5H,(H,13,14,15). The van der Waals surface area contributed by atoms with Crippen molar-refractivity contribution in [2.24, 2.45) is 5.92 Å². The molecule has 1 atom stereocenters. The number of H-pyrrole nitrogens is 1. The van der Waals surface area contributed by atoms with E-state index < -0.39 is 12.7 Å². The number of hydrogen-bond acceptors (Lipinski definition) is 7. The van der Waals surface area contributed by atoms with E-state index in [1.54, 1.807) is 0 Å². The minimum Gasteiger partial charge on any atom is -0.406 e. The Balaban J connectivity index is 0.000000172. The van der Waals surface area contributed by atoms with E-state index >= 15 is 0 Å². The topological polar surface area (TPSA) is 111 Å². The third kappa shape index (κ3) is 13.7. The SMILES string of the molecule is FC(F)(F)Oc1ccc(-c2cn[nH]n2)cc1.O=C(N1CCCCC1Cc1ccccc1)n1cc(-c2ccc(OC(F)(F)F)cc2)nn1.c1ccc(CC2CCCCC2)cc1. The van der Waals surface area contributed by atoms with Gasteiger partial charge in [-0.3, -0.25) is 0 Å². The molecule has 1 N–H and O–H groups in total. The summed E-state index contributed by atoms with van der Waals surface area (Å²) in [6.45, 7) is 0.648. The third-order valence-electron chi connectivity index (χ3n) is 10.2. The van der Waals surface area contributed by atoms with Crippen molar-refractivity contribution in [2.45, 2.75) is 83.0 Å². The lowest BCUT2D eigenvalue weighted by Crippen LogP contribution is -2.46. The van der Waals surface area contributed by atoms with Crippen molar-refractivity contribution in [1.82, 2.24) is 35.3 Å². The number of piperidine rings is 1. The van der Waals surface area contributed by atoms with Crippen LogP contribution in [0, 0.1) is 5.92 Å². The van der Waals surface area contributed by atoms with E-state index in [0.717, 1.165) is 31.6 Å². The first-order valence-electron chi connectivity index (χ1n) is 19.8. The number of halogens is 6. The van der Waals surface area contributed by atoms with E-state index in [0.29, 0.717) is 29.1 Å². The monoisotopic (exact) mass is 833 g/mol. The average Bonchev–Trinajstić information content (AvgIpc) is 3.96. The van der Waals surface area contributed by atoms with Crippen LogP contribution in [0.3, 0.4) is 0 Å². The van der Waals surface area contributed by atoms with E-state index in [-0.39, 0.29) is 23.6 Å². The quantitative estimate of drug-likeness (QED) is 0.152. The minimum atomic E-state index is -4.75. The Labute approximate surface area is 343 Å². The Morgan fingerprint density at radius 3 is 1.72 bits per heavy atom. The molecule has 1 aliphatic heterocycles. The van der Waals surface area contributed by atoms with Crippen molar-refractivity contribution in [3.8, 4) is 34.0 Å². The lowest BCUT2D eigenvalue weighted by atomic mass is 9.85. The van der Waals surface area contributed by atoms with E-state index in [1.165, 1.54) is 115 Å². The van der Waals surface area contributed by atoms with Gasteiger partial charge in [0.25, 0.3) is 0 Å². The van der Waals surface area contributed by atoms with Crippen LogP contribution in [0.1, 0.15) is 62.5 Å². The second-order valence-electron chi connectivity index (χ2n) is 14.6. The van der Waals surface area contributed by atoms with Crippen LogP contribution in [0.25, 0.3) is 22.5 Å². The van der Waals surface area contributed by atoms with Gasteiger partial charge in [-0.25, -0.2) is 4.79 Å². The van der Waals surface area contributed by atoms with Crippen molar-refractivity contribution < 1.29 is 40.6 Å². The molecule has 8 rings (SSSR count). The zero-order valence-electron chi connectivity index (χ0n) is 32.7. The molecule has 60 heavy (non-hydrogen) atoms. The summed E-state index contributed by atoms with van der Waals surface area (Å²) in [5, 5.41) is 17.8. The van der Waals surface area contributed by atoms with Gasteiger partial charge in [0.1, 0.15) is 22.9 Å². The number of amides is 1. The molecule has 2 fully saturated rings. The average molecular weight is 834 g/mol. The predicted octanol–water partition coefficient (Wildman–Crippen LogP) is 11.1. The van der Waals surface area contributed by atoms with Crippen LogP contribution in [-0.2, 0) is 12.8 Å². The molecule has 1 amide bonds. The maximum absolute atomic E-state index is 13.1. The number of alkyl halides is 6. The van der Waals surface area contributed by atoms with Gasteiger partial charge in [0.15, 0.2) is 0 Å². The zero-order valence-corrected chi connectivity index (χ0v) is 32.7. The lowest BCUT2D eigenvalue weighted by Gasteiger charge is -2.35. The van der Waals surface area contributed by atoms with Crippen molar-refractivity contribution >= 4 is 6.03 Å². The fourth-order valence-corrected chi connectivity index (χ4v) is 7.31. The molecule has 1 aliphatic carbocycles. The number of rotatable bonds is 8. The second kappa shape index (κ2) is 20.7. The molecular weight excluding hydrogens is 789 g/mol. The fourth-order valence-electron chi connectivity index (χ4n) is 7.31. The fraction of sp³-hybridized carbons (Fsp3) is 0.341. The van der Waals surface area contributed by atoms with Crippen molar-refractivity contribution in [3.05, 3.63) is 133 Å². The Kier molecular flexibility index (Phi) is 14.9. The van der Waals surface area contributed by atoms with Crippen LogP contribution in [0.4, 0.5) is 31.1 Å². The van der Waals surface area contributed by atoms with E-state index in [9.17, 15) is 31.1 Å². The van der Waals surface area contributed by atoms with Crippen LogP contribution >= 0.6 is 0 Å². The molecular formula is C44H45F6N7O3. The number of likely N-dealkylation sites (tertiary alicyclic amines) is 1. The summed E-state index contributed by atoms with van der Waals surface area (Å²) in [7, 11) is 0. The summed E-state index contributed by atoms with van der Waals surface area (Å²) < 4.78 is 81.3. The Hall–Kier alpha value is -6.19. The molecule has 0 radical (unpaired) electrons. The lowest BCUT2D eigenvalue weighted by molar-refractivity contribution is -0.275. The van der Waals surface area contributed by atoms with Crippen LogP contribution in [0.2, 0.25) is 0 Å².